The molecule has 0 saturated carbocycles. The molecule has 0 aliphatic rings. The van der Waals surface area contributed by atoms with Gasteiger partial charge in [-0.15, -0.1) is 0 Å². The summed E-state index contributed by atoms with van der Waals surface area (Å²) >= 11 is 0. The zero-order chi connectivity index (χ0) is 13.7. The van der Waals surface area contributed by atoms with Crippen molar-refractivity contribution < 1.29 is 14.4 Å². The van der Waals surface area contributed by atoms with E-state index in [9.17, 15) is 10.1 Å². The van der Waals surface area contributed by atoms with Gasteiger partial charge in [0.25, 0.3) is 5.69 Å². The van der Waals surface area contributed by atoms with Crippen LogP contribution in [0.1, 0.15) is 5.56 Å². The van der Waals surface area contributed by atoms with Crippen LogP contribution in [0.15, 0.2) is 18.3 Å². The van der Waals surface area contributed by atoms with Crippen molar-refractivity contribution >= 4 is 11.8 Å². The molecule has 6 heteroatoms. The van der Waals surface area contributed by atoms with E-state index in [4.69, 9.17) is 9.47 Å². The predicted molar refractivity (Wildman–Crippen MR) is 68.9 cm³/mol. The number of nitro groups is 1. The molecule has 18 heavy (non-hydrogen) atoms. The maximum Gasteiger partial charge on any atom is 0.280 e. The summed E-state index contributed by atoms with van der Waals surface area (Å²) in [4.78, 5) is 12.3. The molecule has 0 bridgehead atoms. The monoisotopic (exact) mass is 252 g/mol. The lowest BCUT2D eigenvalue weighted by Crippen LogP contribution is -2.01. The third kappa shape index (κ3) is 3.13. The van der Waals surface area contributed by atoms with Gasteiger partial charge in [0.1, 0.15) is 0 Å². The second-order valence-corrected chi connectivity index (χ2v) is 3.80. The average Bonchev–Trinajstić information content (AvgIpc) is 2.34. The average molecular weight is 252 g/mol. The summed E-state index contributed by atoms with van der Waals surface area (Å²) in [6.07, 6.45) is 3.38. The van der Waals surface area contributed by atoms with Crippen molar-refractivity contribution in [3.8, 4) is 11.5 Å². The number of nitrogens with zero attached hydrogens (tertiary/aromatic N) is 2. The molecule has 0 aliphatic heterocycles. The topological polar surface area (TPSA) is 64.8 Å². The zero-order valence-corrected chi connectivity index (χ0v) is 10.8. The fourth-order valence-corrected chi connectivity index (χ4v) is 1.40. The van der Waals surface area contributed by atoms with E-state index in [-0.39, 0.29) is 5.69 Å². The Labute approximate surface area is 106 Å². The molecule has 0 amide bonds. The van der Waals surface area contributed by atoms with Gasteiger partial charge in [0.2, 0.25) is 0 Å². The first kappa shape index (κ1) is 13.8. The third-order valence-electron chi connectivity index (χ3n) is 2.28. The summed E-state index contributed by atoms with van der Waals surface area (Å²) < 4.78 is 10.2. The normalized spacial score (nSPS) is 10.4. The first-order chi connectivity index (χ1) is 8.49. The molecule has 0 N–H and O–H groups in total. The van der Waals surface area contributed by atoms with Crippen LogP contribution in [0.2, 0.25) is 0 Å². The van der Waals surface area contributed by atoms with Gasteiger partial charge in [-0.2, -0.15) is 0 Å². The Morgan fingerprint density at radius 1 is 1.22 bits per heavy atom. The fourth-order valence-electron chi connectivity index (χ4n) is 1.40. The van der Waals surface area contributed by atoms with Crippen molar-refractivity contribution in [2.24, 2.45) is 0 Å². The van der Waals surface area contributed by atoms with Crippen LogP contribution >= 0.6 is 0 Å². The van der Waals surface area contributed by atoms with Gasteiger partial charge in [0.15, 0.2) is 11.5 Å². The highest BCUT2D eigenvalue weighted by atomic mass is 16.6. The van der Waals surface area contributed by atoms with Crippen molar-refractivity contribution in [3.63, 3.8) is 0 Å². The van der Waals surface area contributed by atoms with Crippen molar-refractivity contribution in [2.75, 3.05) is 28.3 Å². The molecule has 0 fully saturated rings. The largest absolute Gasteiger partial charge is 0.493 e. The van der Waals surface area contributed by atoms with Crippen molar-refractivity contribution in [1.29, 1.82) is 0 Å². The first-order valence-corrected chi connectivity index (χ1v) is 5.24. The molecule has 0 saturated heterocycles. The fraction of sp³-hybridized carbons (Fsp3) is 0.333. The molecule has 0 unspecified atom stereocenters. The van der Waals surface area contributed by atoms with Crippen LogP contribution in [-0.2, 0) is 0 Å². The molecule has 1 aromatic rings. The number of rotatable bonds is 5. The molecule has 0 heterocycles. The van der Waals surface area contributed by atoms with Gasteiger partial charge in [-0.1, -0.05) is 0 Å². The molecule has 98 valence electrons. The van der Waals surface area contributed by atoms with E-state index < -0.39 is 4.92 Å². The molecule has 6 nitrogen and oxygen atoms in total. The van der Waals surface area contributed by atoms with Gasteiger partial charge >= 0.3 is 0 Å². The Morgan fingerprint density at radius 3 is 2.22 bits per heavy atom. The maximum atomic E-state index is 11.0. The van der Waals surface area contributed by atoms with E-state index in [1.807, 2.05) is 14.1 Å². The van der Waals surface area contributed by atoms with Crippen LogP contribution in [0.4, 0.5) is 5.69 Å². The number of hydrogen-bond donors (Lipinski definition) is 0. The second kappa shape index (κ2) is 5.90. The highest BCUT2D eigenvalue weighted by Crippen LogP contribution is 2.35. The van der Waals surface area contributed by atoms with E-state index >= 15 is 0 Å². The first-order valence-electron chi connectivity index (χ1n) is 5.24. The molecular formula is C12H16N2O4. The highest BCUT2D eigenvalue weighted by Gasteiger charge is 2.17. The minimum Gasteiger partial charge on any atom is -0.493 e. The molecule has 1 aromatic carbocycles. The van der Waals surface area contributed by atoms with Gasteiger partial charge in [0, 0.05) is 14.1 Å². The standard InChI is InChI=1S/C12H16N2O4/c1-13(2)6-5-9-7-11(17-3)12(18-4)8-10(9)14(15)16/h5-8H,1-4H3/b6-5+. The maximum absolute atomic E-state index is 11.0. The van der Waals surface area contributed by atoms with Crippen LogP contribution in [0.25, 0.3) is 6.08 Å². The van der Waals surface area contributed by atoms with E-state index in [2.05, 4.69) is 0 Å². The lowest BCUT2D eigenvalue weighted by molar-refractivity contribution is -0.385. The van der Waals surface area contributed by atoms with Gasteiger partial charge in [0.05, 0.1) is 30.8 Å². The Hall–Kier alpha value is -2.24. The number of nitro benzene ring substituents is 1. The summed E-state index contributed by atoms with van der Waals surface area (Å²) in [6, 6.07) is 2.94. The van der Waals surface area contributed by atoms with Gasteiger partial charge in [-0.3, -0.25) is 10.1 Å². The molecule has 0 spiro atoms. The summed E-state index contributed by atoms with van der Waals surface area (Å²) in [6.45, 7) is 0. The molecular weight excluding hydrogens is 236 g/mol. The summed E-state index contributed by atoms with van der Waals surface area (Å²) in [7, 11) is 6.60. The molecule has 0 aromatic heterocycles. The zero-order valence-electron chi connectivity index (χ0n) is 10.8. The third-order valence-corrected chi connectivity index (χ3v) is 2.28. The summed E-state index contributed by atoms with van der Waals surface area (Å²) in [5, 5.41) is 11.0. The van der Waals surface area contributed by atoms with E-state index in [0.29, 0.717) is 17.1 Å². The highest BCUT2D eigenvalue weighted by molar-refractivity contribution is 5.66. The van der Waals surface area contributed by atoms with Crippen molar-refractivity contribution in [3.05, 3.63) is 34.0 Å². The Bertz CT molecular complexity index is 469. The number of benzene rings is 1. The lowest BCUT2D eigenvalue weighted by atomic mass is 10.1. The minimum atomic E-state index is -0.447. The SMILES string of the molecule is COc1cc(/C=C/N(C)C)c([N+](=O)[O-])cc1OC. The lowest BCUT2D eigenvalue weighted by Gasteiger charge is -2.09. The van der Waals surface area contributed by atoms with Crippen molar-refractivity contribution in [2.45, 2.75) is 0 Å². The molecule has 0 aliphatic carbocycles. The number of methoxy groups -OCH3 is 2. The molecule has 0 radical (unpaired) electrons. The van der Waals surface area contributed by atoms with Crippen LogP contribution in [0.5, 0.6) is 11.5 Å². The van der Waals surface area contributed by atoms with Crippen LogP contribution in [0.3, 0.4) is 0 Å². The Morgan fingerprint density at radius 2 is 1.78 bits per heavy atom. The van der Waals surface area contributed by atoms with E-state index in [1.165, 1.54) is 20.3 Å². The predicted octanol–water partition coefficient (Wildman–Crippen LogP) is 2.14. The van der Waals surface area contributed by atoms with Crippen molar-refractivity contribution in [1.82, 2.24) is 4.90 Å². The van der Waals surface area contributed by atoms with Gasteiger partial charge in [-0.05, 0) is 18.3 Å². The van der Waals surface area contributed by atoms with Crippen LogP contribution < -0.4 is 9.47 Å². The number of hydrogen-bond acceptors (Lipinski definition) is 5. The molecule has 1 rings (SSSR count). The van der Waals surface area contributed by atoms with Gasteiger partial charge < -0.3 is 14.4 Å². The smallest absolute Gasteiger partial charge is 0.280 e. The number of ether oxygens (including phenoxy) is 2. The molecule has 0 atom stereocenters. The Kier molecular flexibility index (Phi) is 4.53. The van der Waals surface area contributed by atoms with E-state index in [0.717, 1.165) is 0 Å². The Balaban J connectivity index is 3.33. The quantitative estimate of drug-likeness (QED) is 0.593. The minimum absolute atomic E-state index is 0.0225. The summed E-state index contributed by atoms with van der Waals surface area (Å²) in [5.41, 5.74) is 0.442. The van der Waals surface area contributed by atoms with Crippen LogP contribution in [-0.4, -0.2) is 38.1 Å². The second-order valence-electron chi connectivity index (χ2n) is 3.80. The van der Waals surface area contributed by atoms with Crippen LogP contribution in [0, 0.1) is 10.1 Å². The summed E-state index contributed by atoms with van der Waals surface area (Å²) in [5.74, 6) is 0.799. The van der Waals surface area contributed by atoms with Gasteiger partial charge in [-0.25, -0.2) is 0 Å². The van der Waals surface area contributed by atoms with E-state index in [1.54, 1.807) is 23.2 Å².